The molecule has 12 nitrogen and oxygen atoms in total. The molecule has 1 fully saturated rings. The van der Waals surface area contributed by atoms with Crippen LogP contribution in [0.3, 0.4) is 0 Å². The van der Waals surface area contributed by atoms with Crippen LogP contribution in [-0.2, 0) is 42.9 Å². The maximum Gasteiger partial charge on any atom is 0.305 e. The van der Waals surface area contributed by atoms with Gasteiger partial charge in [0, 0.05) is 27.7 Å². The molecule has 0 aliphatic carbocycles. The molecule has 1 aromatic rings. The van der Waals surface area contributed by atoms with Crippen molar-refractivity contribution < 1.29 is 52.1 Å². The molecule has 5 atom stereocenters. The van der Waals surface area contributed by atoms with Crippen LogP contribution in [0, 0.1) is 0 Å². The van der Waals surface area contributed by atoms with E-state index in [1.165, 1.54) is 18.4 Å². The molecule has 1 N–H and O–H groups in total. The monoisotopic (exact) mass is 441 g/mol. The van der Waals surface area contributed by atoms with Gasteiger partial charge in [0.15, 0.2) is 18.0 Å². The first kappa shape index (κ1) is 23.9. The minimum Gasteiger partial charge on any atom is -0.463 e. The summed E-state index contributed by atoms with van der Waals surface area (Å²) in [5.74, 6) is -3.73. The zero-order chi connectivity index (χ0) is 23.1. The van der Waals surface area contributed by atoms with Crippen LogP contribution >= 0.6 is 0 Å². The fourth-order valence-corrected chi connectivity index (χ4v) is 2.95. The third kappa shape index (κ3) is 6.81. The summed E-state index contributed by atoms with van der Waals surface area (Å²) in [6.07, 6.45) is -4.00. The number of nitrogens with one attached hydrogen (secondary N) is 1. The van der Waals surface area contributed by atoms with Crippen molar-refractivity contribution in [2.24, 2.45) is 0 Å². The maximum absolute atomic E-state index is 12.5. The second-order valence-corrected chi connectivity index (χ2v) is 6.58. The van der Waals surface area contributed by atoms with Gasteiger partial charge in [-0.2, -0.15) is 0 Å². The van der Waals surface area contributed by atoms with Crippen molar-refractivity contribution >= 4 is 29.8 Å². The van der Waals surface area contributed by atoms with E-state index in [-0.39, 0.29) is 5.76 Å². The molecule has 12 heteroatoms. The lowest BCUT2D eigenvalue weighted by Gasteiger charge is -2.44. The smallest absolute Gasteiger partial charge is 0.305 e. The number of amides is 1. The average Bonchev–Trinajstić information content (AvgIpc) is 3.18. The van der Waals surface area contributed by atoms with Crippen molar-refractivity contribution in [3.8, 4) is 0 Å². The number of carbonyl (C=O) groups is 5. The van der Waals surface area contributed by atoms with Gasteiger partial charge in [-0.1, -0.05) is 0 Å². The number of furan rings is 1. The van der Waals surface area contributed by atoms with E-state index in [4.69, 9.17) is 28.1 Å². The van der Waals surface area contributed by atoms with Crippen LogP contribution < -0.4 is 5.32 Å². The first-order valence-electron chi connectivity index (χ1n) is 9.23. The molecule has 0 bridgehead atoms. The van der Waals surface area contributed by atoms with Gasteiger partial charge >= 0.3 is 23.9 Å². The van der Waals surface area contributed by atoms with E-state index in [1.54, 1.807) is 0 Å². The summed E-state index contributed by atoms with van der Waals surface area (Å²) in [4.78, 5) is 58.9. The SMILES string of the molecule is CC(=O)OC[C@H]1O[C@H](OC(C)=O)[C@H](NC(=O)c2ccco2)[C@@H](OC(C)=O)[C@@H]1OC(C)=O. The van der Waals surface area contributed by atoms with E-state index in [9.17, 15) is 24.0 Å². The third-order valence-electron chi connectivity index (χ3n) is 4.03. The van der Waals surface area contributed by atoms with Crippen LogP contribution in [0.15, 0.2) is 22.8 Å². The molecule has 0 spiro atoms. The molecule has 0 aromatic carbocycles. The molecule has 1 saturated heterocycles. The number of esters is 4. The molecule has 0 saturated carbocycles. The number of hydrogen-bond acceptors (Lipinski definition) is 11. The molecule has 0 unspecified atom stereocenters. The Hall–Kier alpha value is -3.41. The molecule has 2 heterocycles. The lowest BCUT2D eigenvalue weighted by atomic mass is 9.96. The molecule has 1 amide bonds. The predicted molar refractivity (Wildman–Crippen MR) is 98.1 cm³/mol. The summed E-state index contributed by atoms with van der Waals surface area (Å²) in [6.45, 7) is 4.08. The second kappa shape index (κ2) is 10.6. The standard InChI is InChI=1S/C19H23NO11/c1-9(21)27-8-14-16(28-10(2)22)17(29-11(3)23)15(19(31-14)30-12(4)24)20-18(25)13-6-5-7-26-13/h5-7,14-17,19H,8H2,1-4H3,(H,20,25)/t14-,15-,16-,17-,19+/m1/s1. The van der Waals surface area contributed by atoms with Crippen molar-refractivity contribution in [2.45, 2.75) is 58.3 Å². The van der Waals surface area contributed by atoms with Gasteiger partial charge in [0.25, 0.3) is 5.91 Å². The van der Waals surface area contributed by atoms with Crippen molar-refractivity contribution in [1.29, 1.82) is 0 Å². The maximum atomic E-state index is 12.5. The Morgan fingerprint density at radius 1 is 0.903 bits per heavy atom. The van der Waals surface area contributed by atoms with E-state index in [2.05, 4.69) is 5.32 Å². The van der Waals surface area contributed by atoms with Gasteiger partial charge in [-0.25, -0.2) is 0 Å². The first-order chi connectivity index (χ1) is 14.6. The highest BCUT2D eigenvalue weighted by Gasteiger charge is 2.52. The zero-order valence-corrected chi connectivity index (χ0v) is 17.3. The predicted octanol–water partition coefficient (Wildman–Crippen LogP) is 0.0925. The summed E-state index contributed by atoms with van der Waals surface area (Å²) in [7, 11) is 0. The second-order valence-electron chi connectivity index (χ2n) is 6.58. The van der Waals surface area contributed by atoms with Gasteiger partial charge in [-0.15, -0.1) is 0 Å². The Morgan fingerprint density at radius 3 is 2.03 bits per heavy atom. The van der Waals surface area contributed by atoms with E-state index < -0.39 is 67.0 Å². The van der Waals surface area contributed by atoms with E-state index in [0.29, 0.717) is 0 Å². The Labute approximate surface area is 177 Å². The Morgan fingerprint density at radius 2 is 1.52 bits per heavy atom. The van der Waals surface area contributed by atoms with Gasteiger partial charge in [-0.05, 0) is 12.1 Å². The molecule has 1 aliphatic heterocycles. The minimum atomic E-state index is -1.46. The van der Waals surface area contributed by atoms with Crippen molar-refractivity contribution in [1.82, 2.24) is 5.32 Å². The molecular weight excluding hydrogens is 418 g/mol. The zero-order valence-electron chi connectivity index (χ0n) is 17.3. The van der Waals surface area contributed by atoms with Crippen molar-refractivity contribution in [2.75, 3.05) is 6.61 Å². The van der Waals surface area contributed by atoms with Gasteiger partial charge in [0.05, 0.1) is 6.26 Å². The van der Waals surface area contributed by atoms with Crippen LogP contribution in [-0.4, -0.2) is 67.0 Å². The highest BCUT2D eigenvalue weighted by Crippen LogP contribution is 2.28. The van der Waals surface area contributed by atoms with E-state index in [0.717, 1.165) is 27.7 Å². The van der Waals surface area contributed by atoms with Crippen LogP contribution in [0.2, 0.25) is 0 Å². The fraction of sp³-hybridized carbons (Fsp3) is 0.526. The molecule has 1 aliphatic rings. The third-order valence-corrected chi connectivity index (χ3v) is 4.03. The molecule has 170 valence electrons. The molecule has 1 aromatic heterocycles. The number of ether oxygens (including phenoxy) is 5. The van der Waals surface area contributed by atoms with Crippen molar-refractivity contribution in [3.05, 3.63) is 24.2 Å². The first-order valence-corrected chi connectivity index (χ1v) is 9.23. The van der Waals surface area contributed by atoms with Gasteiger partial charge in [-0.3, -0.25) is 24.0 Å². The largest absolute Gasteiger partial charge is 0.463 e. The highest BCUT2D eigenvalue weighted by molar-refractivity contribution is 5.91. The lowest BCUT2D eigenvalue weighted by Crippen LogP contribution is -2.67. The minimum absolute atomic E-state index is 0.0748. The molecule has 0 radical (unpaired) electrons. The Kier molecular flexibility index (Phi) is 8.14. The van der Waals surface area contributed by atoms with Gasteiger partial charge in [0.1, 0.15) is 18.8 Å². The van der Waals surface area contributed by atoms with Gasteiger partial charge in [0.2, 0.25) is 6.29 Å². The summed E-state index contributed by atoms with van der Waals surface area (Å²) in [6, 6.07) is 1.58. The number of hydrogen-bond donors (Lipinski definition) is 1. The molecule has 31 heavy (non-hydrogen) atoms. The Bertz CT molecular complexity index is 819. The fourth-order valence-electron chi connectivity index (χ4n) is 2.95. The van der Waals surface area contributed by atoms with Crippen LogP contribution in [0.5, 0.6) is 0 Å². The average molecular weight is 441 g/mol. The lowest BCUT2D eigenvalue weighted by molar-refractivity contribution is -0.270. The summed E-state index contributed by atoms with van der Waals surface area (Å²) in [5, 5.41) is 2.51. The number of rotatable bonds is 7. The molecular formula is C19H23NO11. The molecule has 2 rings (SSSR count). The quantitative estimate of drug-likeness (QED) is 0.452. The highest BCUT2D eigenvalue weighted by atomic mass is 16.7. The van der Waals surface area contributed by atoms with Crippen LogP contribution in [0.25, 0.3) is 0 Å². The van der Waals surface area contributed by atoms with E-state index in [1.807, 2.05) is 0 Å². The van der Waals surface area contributed by atoms with E-state index >= 15 is 0 Å². The number of carbonyl (C=O) groups excluding carboxylic acids is 5. The normalized spacial score (nSPS) is 25.1. The van der Waals surface area contributed by atoms with Crippen LogP contribution in [0.4, 0.5) is 0 Å². The summed E-state index contributed by atoms with van der Waals surface area (Å²) >= 11 is 0. The summed E-state index contributed by atoms with van der Waals surface area (Å²) in [5.41, 5.74) is 0. The topological polar surface area (TPSA) is 157 Å². The summed E-state index contributed by atoms with van der Waals surface area (Å²) < 4.78 is 31.4. The van der Waals surface area contributed by atoms with Gasteiger partial charge < -0.3 is 33.4 Å². The van der Waals surface area contributed by atoms with Crippen molar-refractivity contribution in [3.63, 3.8) is 0 Å². The van der Waals surface area contributed by atoms with Crippen LogP contribution in [0.1, 0.15) is 38.2 Å². The Balaban J connectivity index is 2.42.